The van der Waals surface area contributed by atoms with E-state index in [1.165, 1.54) is 29.8 Å². The third-order valence-corrected chi connectivity index (χ3v) is 7.58. The number of methoxy groups -OCH3 is 1. The standard InChI is InChI=1S/C30H30N4O2S/c1-19-18-26(20(2)33(19)21-7-8-21)29-28(27-6-4-5-17-31-27)32-30(37)34(29)22-9-11-24(12-10-22)36-25-15-13-23(35-3)14-16-25/h4-6,9-18,21,28-29H,7-8H2,1-3H3,(H,32,37)/t28-,29-/m1/s1. The van der Waals surface area contributed by atoms with Crippen LogP contribution in [0.2, 0.25) is 0 Å². The van der Waals surface area contributed by atoms with Gasteiger partial charge >= 0.3 is 0 Å². The fourth-order valence-corrected chi connectivity index (χ4v) is 5.75. The van der Waals surface area contributed by atoms with Crippen LogP contribution in [0.25, 0.3) is 0 Å². The molecule has 2 aromatic heterocycles. The van der Waals surface area contributed by atoms with Gasteiger partial charge in [0.2, 0.25) is 0 Å². The highest BCUT2D eigenvalue weighted by Crippen LogP contribution is 2.46. The zero-order valence-electron chi connectivity index (χ0n) is 21.2. The number of nitrogens with one attached hydrogen (secondary N) is 1. The fraction of sp³-hybridized carbons (Fsp3) is 0.267. The maximum atomic E-state index is 6.06. The highest BCUT2D eigenvalue weighted by molar-refractivity contribution is 7.80. The first-order chi connectivity index (χ1) is 18.0. The van der Waals surface area contributed by atoms with Crippen LogP contribution in [-0.2, 0) is 0 Å². The van der Waals surface area contributed by atoms with Crippen LogP contribution in [0, 0.1) is 13.8 Å². The van der Waals surface area contributed by atoms with Crippen molar-refractivity contribution in [3.63, 3.8) is 0 Å². The van der Waals surface area contributed by atoms with E-state index in [0.29, 0.717) is 11.2 Å². The summed E-state index contributed by atoms with van der Waals surface area (Å²) in [6.07, 6.45) is 4.35. The lowest BCUT2D eigenvalue weighted by atomic mass is 9.96. The monoisotopic (exact) mass is 510 g/mol. The average Bonchev–Trinajstić information content (AvgIpc) is 3.63. The van der Waals surface area contributed by atoms with E-state index < -0.39 is 0 Å². The number of ether oxygens (including phenoxy) is 2. The van der Waals surface area contributed by atoms with E-state index >= 15 is 0 Å². The summed E-state index contributed by atoms with van der Waals surface area (Å²) in [6, 6.07) is 24.6. The quantitative estimate of drug-likeness (QED) is 0.276. The molecular formula is C30H30N4O2S. The lowest BCUT2D eigenvalue weighted by Gasteiger charge is -2.28. The molecule has 3 heterocycles. The smallest absolute Gasteiger partial charge is 0.174 e. The largest absolute Gasteiger partial charge is 0.497 e. The van der Waals surface area contributed by atoms with Gasteiger partial charge in [0.15, 0.2) is 5.11 Å². The van der Waals surface area contributed by atoms with E-state index in [9.17, 15) is 0 Å². The maximum absolute atomic E-state index is 6.06. The summed E-state index contributed by atoms with van der Waals surface area (Å²) in [7, 11) is 1.65. The minimum atomic E-state index is -0.0583. The first-order valence-corrected chi connectivity index (χ1v) is 13.1. The number of aryl methyl sites for hydroxylation is 1. The Morgan fingerprint density at radius 1 is 0.919 bits per heavy atom. The van der Waals surface area contributed by atoms with Crippen LogP contribution in [0.15, 0.2) is 79.0 Å². The van der Waals surface area contributed by atoms with Gasteiger partial charge in [0.05, 0.1) is 24.9 Å². The average molecular weight is 511 g/mol. The van der Waals surface area contributed by atoms with Gasteiger partial charge in [-0.2, -0.15) is 0 Å². The summed E-state index contributed by atoms with van der Waals surface area (Å²) in [5.41, 5.74) is 5.89. The van der Waals surface area contributed by atoms with Crippen LogP contribution in [0.1, 0.15) is 53.6 Å². The van der Waals surface area contributed by atoms with Crippen molar-refractivity contribution in [2.45, 2.75) is 44.8 Å². The molecule has 0 spiro atoms. The molecule has 0 amide bonds. The molecule has 1 saturated heterocycles. The van der Waals surface area contributed by atoms with Crippen LogP contribution in [0.5, 0.6) is 17.2 Å². The van der Waals surface area contributed by atoms with Crippen molar-refractivity contribution in [1.82, 2.24) is 14.9 Å². The Kier molecular flexibility index (Phi) is 6.08. The second-order valence-corrected chi connectivity index (χ2v) is 10.1. The van der Waals surface area contributed by atoms with E-state index in [2.05, 4.69) is 52.9 Å². The van der Waals surface area contributed by atoms with Crippen molar-refractivity contribution in [1.29, 1.82) is 0 Å². The van der Waals surface area contributed by atoms with E-state index in [-0.39, 0.29) is 12.1 Å². The molecule has 1 saturated carbocycles. The molecule has 2 atom stereocenters. The van der Waals surface area contributed by atoms with Crippen molar-refractivity contribution in [3.8, 4) is 17.2 Å². The molecule has 0 radical (unpaired) electrons. The van der Waals surface area contributed by atoms with Crippen LogP contribution in [-0.4, -0.2) is 21.8 Å². The third kappa shape index (κ3) is 4.44. The van der Waals surface area contributed by atoms with Crippen molar-refractivity contribution in [2.75, 3.05) is 12.0 Å². The van der Waals surface area contributed by atoms with Crippen molar-refractivity contribution in [2.24, 2.45) is 0 Å². The Balaban J connectivity index is 1.35. The number of thiocarbonyl (C=S) groups is 1. The topological polar surface area (TPSA) is 51.6 Å². The predicted octanol–water partition coefficient (Wildman–Crippen LogP) is 6.81. The predicted molar refractivity (Wildman–Crippen MR) is 150 cm³/mol. The second kappa shape index (κ2) is 9.56. The number of rotatable bonds is 7. The number of benzene rings is 2. The number of hydrogen-bond donors (Lipinski definition) is 1. The summed E-state index contributed by atoms with van der Waals surface area (Å²) in [4.78, 5) is 6.92. The summed E-state index contributed by atoms with van der Waals surface area (Å²) in [5, 5.41) is 4.27. The zero-order chi connectivity index (χ0) is 25.5. The number of pyridine rings is 1. The first-order valence-electron chi connectivity index (χ1n) is 12.6. The van der Waals surface area contributed by atoms with Gasteiger partial charge in [-0.3, -0.25) is 4.98 Å². The van der Waals surface area contributed by atoms with Crippen LogP contribution in [0.4, 0.5) is 5.69 Å². The van der Waals surface area contributed by atoms with E-state index in [4.69, 9.17) is 26.7 Å². The molecule has 7 heteroatoms. The van der Waals surface area contributed by atoms with Crippen LogP contribution >= 0.6 is 12.2 Å². The third-order valence-electron chi connectivity index (χ3n) is 7.26. The molecule has 6 nitrogen and oxygen atoms in total. The fourth-order valence-electron chi connectivity index (χ4n) is 5.40. The minimum Gasteiger partial charge on any atom is -0.497 e. The maximum Gasteiger partial charge on any atom is 0.174 e. The van der Waals surface area contributed by atoms with Gasteiger partial charge in [0.1, 0.15) is 17.2 Å². The number of anilines is 1. The molecule has 6 rings (SSSR count). The molecule has 2 aromatic carbocycles. The highest BCUT2D eigenvalue weighted by Gasteiger charge is 2.43. The lowest BCUT2D eigenvalue weighted by molar-refractivity contribution is 0.413. The molecule has 1 aliphatic carbocycles. The minimum absolute atomic E-state index is 0.0190. The van der Waals surface area contributed by atoms with Crippen LogP contribution < -0.4 is 19.7 Å². The zero-order valence-corrected chi connectivity index (χ0v) is 22.0. The molecule has 1 aliphatic heterocycles. The first kappa shape index (κ1) is 23.6. The normalized spacial score (nSPS) is 19.1. The Morgan fingerprint density at radius 2 is 1.59 bits per heavy atom. The van der Waals surface area contributed by atoms with Gasteiger partial charge in [0.25, 0.3) is 0 Å². The molecule has 2 fully saturated rings. The molecule has 37 heavy (non-hydrogen) atoms. The number of nitrogens with zero attached hydrogens (tertiary/aromatic N) is 3. The van der Waals surface area contributed by atoms with Gasteiger partial charge < -0.3 is 24.3 Å². The van der Waals surface area contributed by atoms with E-state index in [1.807, 2.05) is 54.7 Å². The van der Waals surface area contributed by atoms with Gasteiger partial charge in [-0.25, -0.2) is 0 Å². The van der Waals surface area contributed by atoms with Gasteiger partial charge in [-0.05, 0) is 111 Å². The Bertz CT molecular complexity index is 1410. The van der Waals surface area contributed by atoms with E-state index in [1.54, 1.807) is 7.11 Å². The highest BCUT2D eigenvalue weighted by atomic mass is 32.1. The Labute approximate surface area is 222 Å². The molecule has 4 aromatic rings. The number of hydrogen-bond acceptors (Lipinski definition) is 4. The lowest BCUT2D eigenvalue weighted by Crippen LogP contribution is -2.29. The summed E-state index contributed by atoms with van der Waals surface area (Å²) >= 11 is 5.92. The number of aromatic nitrogens is 2. The Morgan fingerprint density at radius 3 is 2.22 bits per heavy atom. The molecule has 1 N–H and O–H groups in total. The van der Waals surface area contributed by atoms with E-state index in [0.717, 1.165) is 28.6 Å². The van der Waals surface area contributed by atoms with Crippen molar-refractivity contribution >= 4 is 23.0 Å². The summed E-state index contributed by atoms with van der Waals surface area (Å²) < 4.78 is 13.8. The van der Waals surface area contributed by atoms with Gasteiger partial charge in [0, 0.05) is 29.3 Å². The van der Waals surface area contributed by atoms with Crippen LogP contribution in [0.3, 0.4) is 0 Å². The summed E-state index contributed by atoms with van der Waals surface area (Å²) in [5.74, 6) is 2.32. The molecular weight excluding hydrogens is 480 g/mol. The van der Waals surface area contributed by atoms with Crippen molar-refractivity contribution < 1.29 is 9.47 Å². The second-order valence-electron chi connectivity index (χ2n) is 9.70. The van der Waals surface area contributed by atoms with Gasteiger partial charge in [-0.15, -0.1) is 0 Å². The van der Waals surface area contributed by atoms with Gasteiger partial charge in [-0.1, -0.05) is 6.07 Å². The molecule has 0 bridgehead atoms. The molecule has 0 unspecified atom stereocenters. The summed E-state index contributed by atoms with van der Waals surface area (Å²) in [6.45, 7) is 4.45. The molecule has 188 valence electrons. The van der Waals surface area contributed by atoms with Crippen molar-refractivity contribution in [3.05, 3.63) is 102 Å². The molecule has 2 aliphatic rings. The SMILES string of the molecule is COc1ccc(Oc2ccc(N3C(=S)N[C@H](c4ccccn4)[C@H]3c3cc(C)n(C4CC4)c3C)cc2)cc1. The Hall–Kier alpha value is -3.84.